The van der Waals surface area contributed by atoms with Crippen LogP contribution in [0.4, 0.5) is 8.78 Å². The molecule has 0 bridgehead atoms. The van der Waals surface area contributed by atoms with E-state index in [2.05, 4.69) is 10.6 Å². The lowest BCUT2D eigenvalue weighted by Crippen LogP contribution is -2.61. The molecule has 0 saturated heterocycles. The smallest absolute Gasteiger partial charge is 0.236 e. The van der Waals surface area contributed by atoms with E-state index in [4.69, 9.17) is 5.73 Å². The number of hydrogen-bond acceptors (Lipinski definition) is 5. The number of nitrogens with one attached hydrogen (secondary N) is 2. The van der Waals surface area contributed by atoms with Crippen LogP contribution in [-0.4, -0.2) is 66.1 Å². The van der Waals surface area contributed by atoms with Crippen LogP contribution >= 0.6 is 0 Å². The second kappa shape index (κ2) is 15.4. The number of benzene rings is 1. The highest BCUT2D eigenvalue weighted by Crippen LogP contribution is 2.48. The minimum atomic E-state index is -1.75. The highest BCUT2D eigenvalue weighted by atomic mass is 19.1. The van der Waals surface area contributed by atoms with Gasteiger partial charge in [-0.3, -0.25) is 14.4 Å². The zero-order chi connectivity index (χ0) is 30.8. The van der Waals surface area contributed by atoms with Gasteiger partial charge in [-0.25, -0.2) is 8.78 Å². The number of allylic oxidation sites excluding steroid dienone is 1. The standard InChI is InChI=1S/C31H48F2N4O4/c1-6-14-37(15-7-2)29(41)30(12-9-13-35-22(5)26(38)36-20-21(3)4)10-8-11-31(27(30)39,28(34)40)19-23-16-24(32)18-25(33)17-23/h8,11,16-18,21-22,27,35,39H,6-7,9-10,12-15,19-20H2,1-5H3,(H2,34,40)(H,36,38)/t22?,27-,30?,31-/m1/s1. The van der Waals surface area contributed by atoms with Crippen LogP contribution in [-0.2, 0) is 20.8 Å². The van der Waals surface area contributed by atoms with Gasteiger partial charge in [-0.05, 0) is 75.6 Å². The minimum Gasteiger partial charge on any atom is -0.391 e. The highest BCUT2D eigenvalue weighted by Gasteiger charge is 2.58. The van der Waals surface area contributed by atoms with Crippen LogP contribution in [0.25, 0.3) is 0 Å². The van der Waals surface area contributed by atoms with Gasteiger partial charge in [0.05, 0.1) is 23.0 Å². The third-order valence-corrected chi connectivity index (χ3v) is 7.81. The molecule has 0 spiro atoms. The molecule has 5 N–H and O–H groups in total. The average molecular weight is 579 g/mol. The Bertz CT molecular complexity index is 1060. The number of rotatable bonds is 16. The lowest BCUT2D eigenvalue weighted by molar-refractivity contribution is -0.162. The first-order valence-corrected chi connectivity index (χ1v) is 14.7. The quantitative estimate of drug-likeness (QED) is 0.177. The van der Waals surface area contributed by atoms with Crippen molar-refractivity contribution < 1.29 is 28.3 Å². The van der Waals surface area contributed by atoms with E-state index in [0.29, 0.717) is 51.4 Å². The Morgan fingerprint density at radius 3 is 2.24 bits per heavy atom. The fourth-order valence-electron chi connectivity index (χ4n) is 5.68. The van der Waals surface area contributed by atoms with Gasteiger partial charge in [0.1, 0.15) is 11.6 Å². The third kappa shape index (κ3) is 8.58. The van der Waals surface area contributed by atoms with Crippen molar-refractivity contribution in [2.75, 3.05) is 26.2 Å². The summed E-state index contributed by atoms with van der Waals surface area (Å²) in [6, 6.07) is 2.47. The molecule has 8 nitrogen and oxygen atoms in total. The van der Waals surface area contributed by atoms with Crippen molar-refractivity contribution in [3.05, 3.63) is 47.5 Å². The first kappa shape index (κ1) is 34.4. The minimum absolute atomic E-state index is 0.128. The van der Waals surface area contributed by atoms with Crippen LogP contribution in [0.5, 0.6) is 0 Å². The van der Waals surface area contributed by atoms with Gasteiger partial charge < -0.3 is 26.4 Å². The summed E-state index contributed by atoms with van der Waals surface area (Å²) < 4.78 is 28.1. The molecular formula is C31H48F2N4O4. The lowest BCUT2D eigenvalue weighted by Gasteiger charge is -2.49. The molecule has 0 aliphatic heterocycles. The van der Waals surface area contributed by atoms with Gasteiger partial charge in [0.15, 0.2) is 0 Å². The number of hydrogen-bond donors (Lipinski definition) is 4. The normalized spacial score (nSPS) is 22.9. The van der Waals surface area contributed by atoms with E-state index in [0.717, 1.165) is 18.2 Å². The Hall–Kier alpha value is -2.85. The summed E-state index contributed by atoms with van der Waals surface area (Å²) in [6.07, 6.45) is 3.58. The molecule has 4 atom stereocenters. The van der Waals surface area contributed by atoms with E-state index >= 15 is 0 Å². The third-order valence-electron chi connectivity index (χ3n) is 7.81. The van der Waals surface area contributed by atoms with Crippen LogP contribution < -0.4 is 16.4 Å². The monoisotopic (exact) mass is 578 g/mol. The first-order chi connectivity index (χ1) is 19.3. The van der Waals surface area contributed by atoms with E-state index in [9.17, 15) is 28.3 Å². The second-order valence-corrected chi connectivity index (χ2v) is 11.7. The number of halogens is 2. The molecule has 1 aliphatic carbocycles. The maximum Gasteiger partial charge on any atom is 0.236 e. The van der Waals surface area contributed by atoms with E-state index in [1.807, 2.05) is 27.7 Å². The molecule has 0 radical (unpaired) electrons. The van der Waals surface area contributed by atoms with Crippen LogP contribution in [0, 0.1) is 28.4 Å². The number of primary amides is 1. The van der Waals surface area contributed by atoms with E-state index in [1.54, 1.807) is 17.9 Å². The molecule has 10 heteroatoms. The number of aliphatic hydroxyl groups is 1. The predicted octanol–water partition coefficient (Wildman–Crippen LogP) is 3.47. The van der Waals surface area contributed by atoms with Crippen molar-refractivity contribution in [2.45, 2.75) is 85.3 Å². The topological polar surface area (TPSA) is 125 Å². The predicted molar refractivity (Wildman–Crippen MR) is 156 cm³/mol. The van der Waals surface area contributed by atoms with Crippen LogP contribution in [0.2, 0.25) is 0 Å². The largest absolute Gasteiger partial charge is 0.391 e. The number of nitrogens with zero attached hydrogens (tertiary/aromatic N) is 1. The molecule has 0 aromatic heterocycles. The number of carbonyl (C=O) groups excluding carboxylic acids is 3. The van der Waals surface area contributed by atoms with Crippen molar-refractivity contribution in [2.24, 2.45) is 22.5 Å². The number of aliphatic hydroxyl groups excluding tert-OH is 1. The molecule has 230 valence electrons. The molecule has 2 rings (SSSR count). The SMILES string of the molecule is CCCN(CCC)C(=O)C1(CCCNC(C)C(=O)NCC(C)C)CC=C[C@](Cc2cc(F)cc(F)c2)(C(N)=O)[C@@H]1O. The Labute approximate surface area is 243 Å². The molecule has 41 heavy (non-hydrogen) atoms. The van der Waals surface area contributed by atoms with Crippen LogP contribution in [0.1, 0.15) is 72.3 Å². The molecule has 0 heterocycles. The summed E-state index contributed by atoms with van der Waals surface area (Å²) in [5, 5.41) is 18.1. The van der Waals surface area contributed by atoms with E-state index < -0.39 is 40.5 Å². The number of amides is 3. The zero-order valence-corrected chi connectivity index (χ0v) is 25.1. The summed E-state index contributed by atoms with van der Waals surface area (Å²) in [5.74, 6) is -2.60. The number of nitrogens with two attached hydrogens (primary N) is 1. The van der Waals surface area contributed by atoms with Crippen molar-refractivity contribution in [3.8, 4) is 0 Å². The summed E-state index contributed by atoms with van der Waals surface area (Å²) >= 11 is 0. The van der Waals surface area contributed by atoms with Crippen LogP contribution in [0.15, 0.2) is 30.4 Å². The summed E-state index contributed by atoms with van der Waals surface area (Å²) in [7, 11) is 0. The van der Waals surface area contributed by atoms with Gasteiger partial charge in [-0.2, -0.15) is 0 Å². The van der Waals surface area contributed by atoms with Gasteiger partial charge in [0.2, 0.25) is 17.7 Å². The summed E-state index contributed by atoms with van der Waals surface area (Å²) in [4.78, 5) is 41.4. The first-order valence-electron chi connectivity index (χ1n) is 14.7. The fraction of sp³-hybridized carbons (Fsp3) is 0.645. The average Bonchev–Trinajstić information content (AvgIpc) is 2.90. The van der Waals surface area contributed by atoms with Gasteiger partial charge >= 0.3 is 0 Å². The van der Waals surface area contributed by atoms with Crippen LogP contribution in [0.3, 0.4) is 0 Å². The van der Waals surface area contributed by atoms with Crippen molar-refractivity contribution in [1.82, 2.24) is 15.5 Å². The lowest BCUT2D eigenvalue weighted by atomic mass is 9.58. The number of carbonyl (C=O) groups is 3. The van der Waals surface area contributed by atoms with Crippen molar-refractivity contribution in [3.63, 3.8) is 0 Å². The molecule has 1 aromatic carbocycles. The molecule has 1 aliphatic rings. The Morgan fingerprint density at radius 2 is 1.71 bits per heavy atom. The molecule has 2 unspecified atom stereocenters. The zero-order valence-electron chi connectivity index (χ0n) is 25.1. The Morgan fingerprint density at radius 1 is 1.10 bits per heavy atom. The van der Waals surface area contributed by atoms with Gasteiger partial charge in [-0.15, -0.1) is 0 Å². The molecule has 0 fully saturated rings. The van der Waals surface area contributed by atoms with Gasteiger partial charge in [0.25, 0.3) is 0 Å². The highest BCUT2D eigenvalue weighted by molar-refractivity contribution is 5.89. The van der Waals surface area contributed by atoms with E-state index in [1.165, 1.54) is 6.08 Å². The Balaban J connectivity index is 2.40. The summed E-state index contributed by atoms with van der Waals surface area (Å²) in [6.45, 7) is 11.6. The molecule has 0 saturated carbocycles. The summed E-state index contributed by atoms with van der Waals surface area (Å²) in [5.41, 5.74) is 2.89. The Kier molecular flexibility index (Phi) is 12.9. The van der Waals surface area contributed by atoms with Crippen molar-refractivity contribution in [1.29, 1.82) is 0 Å². The van der Waals surface area contributed by atoms with Gasteiger partial charge in [0, 0.05) is 25.7 Å². The molecule has 1 aromatic rings. The van der Waals surface area contributed by atoms with E-state index in [-0.39, 0.29) is 36.6 Å². The molecular weight excluding hydrogens is 530 g/mol. The maximum atomic E-state index is 14.2. The van der Waals surface area contributed by atoms with Gasteiger partial charge in [-0.1, -0.05) is 39.8 Å². The molecule has 3 amide bonds. The maximum absolute atomic E-state index is 14.2. The van der Waals surface area contributed by atoms with Crippen molar-refractivity contribution >= 4 is 17.7 Å². The second-order valence-electron chi connectivity index (χ2n) is 11.7. The fourth-order valence-corrected chi connectivity index (χ4v) is 5.68.